The van der Waals surface area contributed by atoms with Crippen LogP contribution in [0.4, 0.5) is 0 Å². The molecule has 1 atom stereocenters. The average molecular weight is 283 g/mol. The number of hydrogen-bond acceptors (Lipinski definition) is 4. The molecule has 21 heavy (non-hydrogen) atoms. The molecular formula is C17H21N3O. The number of methoxy groups -OCH3 is 1. The zero-order valence-electron chi connectivity index (χ0n) is 12.6. The molecule has 1 aliphatic carbocycles. The summed E-state index contributed by atoms with van der Waals surface area (Å²) in [5.74, 6) is 1.78. The topological polar surface area (TPSA) is 47.0 Å². The van der Waals surface area contributed by atoms with E-state index in [1.165, 1.54) is 29.7 Å². The van der Waals surface area contributed by atoms with Gasteiger partial charge >= 0.3 is 0 Å². The predicted octanol–water partition coefficient (Wildman–Crippen LogP) is 2.67. The van der Waals surface area contributed by atoms with Crippen LogP contribution in [-0.4, -0.2) is 24.1 Å². The summed E-state index contributed by atoms with van der Waals surface area (Å²) in [5.41, 5.74) is 3.68. The summed E-state index contributed by atoms with van der Waals surface area (Å²) >= 11 is 0. The summed E-state index contributed by atoms with van der Waals surface area (Å²) in [6, 6.07) is 8.50. The molecule has 0 fully saturated rings. The number of aryl methyl sites for hydroxylation is 1. The largest absolute Gasteiger partial charge is 0.497 e. The number of aromatic nitrogens is 2. The first kappa shape index (κ1) is 14.0. The van der Waals surface area contributed by atoms with Gasteiger partial charge in [0.2, 0.25) is 0 Å². The highest BCUT2D eigenvalue weighted by atomic mass is 16.5. The van der Waals surface area contributed by atoms with E-state index in [2.05, 4.69) is 22.4 Å². The minimum absolute atomic E-state index is 0.406. The Labute approximate surface area is 125 Å². The summed E-state index contributed by atoms with van der Waals surface area (Å²) in [6.07, 6.45) is 6.19. The summed E-state index contributed by atoms with van der Waals surface area (Å²) in [4.78, 5) is 9.31. The first-order valence-corrected chi connectivity index (χ1v) is 7.45. The zero-order chi connectivity index (χ0) is 14.7. The SMILES string of the molecule is CNC1CCCc2nc(Cc3ccc(OC)cc3)ncc21. The van der Waals surface area contributed by atoms with E-state index in [4.69, 9.17) is 9.72 Å². The van der Waals surface area contributed by atoms with Crippen molar-refractivity contribution in [3.8, 4) is 5.75 Å². The minimum atomic E-state index is 0.406. The van der Waals surface area contributed by atoms with Gasteiger partial charge in [0.1, 0.15) is 11.6 Å². The number of fused-ring (bicyclic) bond motifs is 1. The molecule has 0 bridgehead atoms. The molecule has 1 aliphatic rings. The van der Waals surface area contributed by atoms with E-state index in [0.717, 1.165) is 24.4 Å². The first-order valence-electron chi connectivity index (χ1n) is 7.45. The predicted molar refractivity (Wildman–Crippen MR) is 82.6 cm³/mol. The quantitative estimate of drug-likeness (QED) is 0.937. The van der Waals surface area contributed by atoms with Crippen molar-refractivity contribution in [3.63, 3.8) is 0 Å². The molecule has 0 saturated heterocycles. The maximum absolute atomic E-state index is 5.18. The molecule has 110 valence electrons. The lowest BCUT2D eigenvalue weighted by molar-refractivity contribution is 0.414. The molecule has 1 unspecified atom stereocenters. The lowest BCUT2D eigenvalue weighted by atomic mass is 9.92. The Morgan fingerprint density at radius 2 is 2.10 bits per heavy atom. The Hall–Kier alpha value is -1.94. The molecule has 1 heterocycles. The summed E-state index contributed by atoms with van der Waals surface area (Å²) in [5, 5.41) is 3.35. The van der Waals surface area contributed by atoms with Crippen LogP contribution in [0.2, 0.25) is 0 Å². The fourth-order valence-electron chi connectivity index (χ4n) is 2.90. The Bertz CT molecular complexity index is 610. The smallest absolute Gasteiger partial charge is 0.132 e. The Kier molecular flexibility index (Phi) is 4.15. The summed E-state index contributed by atoms with van der Waals surface area (Å²) in [6.45, 7) is 0. The minimum Gasteiger partial charge on any atom is -0.497 e. The van der Waals surface area contributed by atoms with Crippen LogP contribution in [0, 0.1) is 0 Å². The highest BCUT2D eigenvalue weighted by molar-refractivity contribution is 5.30. The summed E-state index contributed by atoms with van der Waals surface area (Å²) in [7, 11) is 3.69. The second kappa shape index (κ2) is 6.22. The van der Waals surface area contributed by atoms with E-state index in [1.54, 1.807) is 7.11 Å². The zero-order valence-corrected chi connectivity index (χ0v) is 12.6. The third-order valence-corrected chi connectivity index (χ3v) is 4.10. The van der Waals surface area contributed by atoms with Crippen molar-refractivity contribution in [2.75, 3.05) is 14.2 Å². The van der Waals surface area contributed by atoms with Crippen molar-refractivity contribution in [3.05, 3.63) is 53.1 Å². The van der Waals surface area contributed by atoms with Crippen LogP contribution >= 0.6 is 0 Å². The van der Waals surface area contributed by atoms with Crippen LogP contribution in [0.5, 0.6) is 5.75 Å². The Balaban J connectivity index is 1.80. The molecule has 2 aromatic rings. The molecule has 4 nitrogen and oxygen atoms in total. The second-order valence-corrected chi connectivity index (χ2v) is 5.45. The van der Waals surface area contributed by atoms with Crippen molar-refractivity contribution in [2.45, 2.75) is 31.7 Å². The molecule has 0 saturated carbocycles. The fraction of sp³-hybridized carbons (Fsp3) is 0.412. The molecule has 1 aromatic carbocycles. The maximum atomic E-state index is 5.18. The van der Waals surface area contributed by atoms with Crippen LogP contribution in [0.25, 0.3) is 0 Å². The van der Waals surface area contributed by atoms with E-state index in [1.807, 2.05) is 25.4 Å². The molecule has 0 spiro atoms. The van der Waals surface area contributed by atoms with E-state index in [9.17, 15) is 0 Å². The average Bonchev–Trinajstić information content (AvgIpc) is 2.54. The van der Waals surface area contributed by atoms with Gasteiger partial charge in [-0.3, -0.25) is 0 Å². The van der Waals surface area contributed by atoms with Crippen molar-refractivity contribution in [2.24, 2.45) is 0 Å². The molecular weight excluding hydrogens is 262 g/mol. The highest BCUT2D eigenvalue weighted by Crippen LogP contribution is 2.27. The molecule has 0 aliphatic heterocycles. The molecule has 1 N–H and O–H groups in total. The van der Waals surface area contributed by atoms with Gasteiger partial charge in [-0.05, 0) is 44.0 Å². The van der Waals surface area contributed by atoms with Crippen LogP contribution in [0.15, 0.2) is 30.5 Å². The van der Waals surface area contributed by atoms with E-state index in [-0.39, 0.29) is 0 Å². The number of nitrogens with zero attached hydrogens (tertiary/aromatic N) is 2. The Morgan fingerprint density at radius 1 is 1.29 bits per heavy atom. The first-order chi connectivity index (χ1) is 10.3. The molecule has 1 aromatic heterocycles. The van der Waals surface area contributed by atoms with Gasteiger partial charge in [0.25, 0.3) is 0 Å². The van der Waals surface area contributed by atoms with Crippen LogP contribution < -0.4 is 10.1 Å². The van der Waals surface area contributed by atoms with Gasteiger partial charge in [0.15, 0.2) is 0 Å². The van der Waals surface area contributed by atoms with Gasteiger partial charge < -0.3 is 10.1 Å². The van der Waals surface area contributed by atoms with Gasteiger partial charge in [-0.25, -0.2) is 9.97 Å². The molecule has 0 radical (unpaired) electrons. The van der Waals surface area contributed by atoms with Gasteiger partial charge in [0.05, 0.1) is 7.11 Å². The van der Waals surface area contributed by atoms with Gasteiger partial charge in [-0.1, -0.05) is 12.1 Å². The normalized spacial score (nSPS) is 17.3. The number of rotatable bonds is 4. The Morgan fingerprint density at radius 3 is 2.81 bits per heavy atom. The van der Waals surface area contributed by atoms with Crippen molar-refractivity contribution in [1.29, 1.82) is 0 Å². The fourth-order valence-corrected chi connectivity index (χ4v) is 2.90. The lowest BCUT2D eigenvalue weighted by Gasteiger charge is -2.24. The monoisotopic (exact) mass is 283 g/mol. The number of hydrogen-bond donors (Lipinski definition) is 1. The van der Waals surface area contributed by atoms with Crippen LogP contribution in [0.3, 0.4) is 0 Å². The molecule has 0 amide bonds. The molecule has 4 heteroatoms. The van der Waals surface area contributed by atoms with Gasteiger partial charge in [-0.2, -0.15) is 0 Å². The summed E-state index contributed by atoms with van der Waals surface area (Å²) < 4.78 is 5.18. The van der Waals surface area contributed by atoms with E-state index >= 15 is 0 Å². The standard InChI is InChI=1S/C17H21N3O/c1-18-15-4-3-5-16-14(15)11-19-17(20-16)10-12-6-8-13(21-2)9-7-12/h6-9,11,15,18H,3-5,10H2,1-2H3. The van der Waals surface area contributed by atoms with Crippen molar-refractivity contribution < 1.29 is 4.74 Å². The van der Waals surface area contributed by atoms with Gasteiger partial charge in [0, 0.05) is 29.9 Å². The van der Waals surface area contributed by atoms with Crippen molar-refractivity contribution >= 4 is 0 Å². The van der Waals surface area contributed by atoms with E-state index in [0.29, 0.717) is 6.04 Å². The third-order valence-electron chi connectivity index (χ3n) is 4.10. The number of nitrogens with one attached hydrogen (secondary N) is 1. The van der Waals surface area contributed by atoms with Crippen LogP contribution in [0.1, 0.15) is 41.5 Å². The van der Waals surface area contributed by atoms with Crippen LogP contribution in [-0.2, 0) is 12.8 Å². The lowest BCUT2D eigenvalue weighted by Crippen LogP contribution is -2.23. The second-order valence-electron chi connectivity index (χ2n) is 5.45. The van der Waals surface area contributed by atoms with Crippen molar-refractivity contribution in [1.82, 2.24) is 15.3 Å². The van der Waals surface area contributed by atoms with Gasteiger partial charge in [-0.15, -0.1) is 0 Å². The third kappa shape index (κ3) is 3.05. The highest BCUT2D eigenvalue weighted by Gasteiger charge is 2.20. The van der Waals surface area contributed by atoms with E-state index < -0.39 is 0 Å². The number of benzene rings is 1. The molecule has 3 rings (SSSR count). The number of ether oxygens (including phenoxy) is 1. The maximum Gasteiger partial charge on any atom is 0.132 e.